The van der Waals surface area contributed by atoms with E-state index >= 15 is 0 Å². The van der Waals surface area contributed by atoms with Gasteiger partial charge in [0.15, 0.2) is 0 Å². The zero-order valence-electron chi connectivity index (χ0n) is 9.57. The average Bonchev–Trinajstić information content (AvgIpc) is 2.26. The molecule has 3 heteroatoms. The SMILES string of the molecule is CCCCNCC(C)Oc1cccnc1. The lowest BCUT2D eigenvalue weighted by molar-refractivity contribution is 0.216. The quantitative estimate of drug-likeness (QED) is 0.698. The van der Waals surface area contributed by atoms with Crippen molar-refractivity contribution in [3.63, 3.8) is 0 Å². The smallest absolute Gasteiger partial charge is 0.138 e. The number of hydrogen-bond acceptors (Lipinski definition) is 3. The zero-order chi connectivity index (χ0) is 10.9. The highest BCUT2D eigenvalue weighted by atomic mass is 16.5. The summed E-state index contributed by atoms with van der Waals surface area (Å²) in [5.41, 5.74) is 0. The van der Waals surface area contributed by atoms with Gasteiger partial charge < -0.3 is 10.1 Å². The van der Waals surface area contributed by atoms with Crippen molar-refractivity contribution in [2.24, 2.45) is 0 Å². The van der Waals surface area contributed by atoms with Gasteiger partial charge in [0, 0.05) is 12.7 Å². The minimum absolute atomic E-state index is 0.186. The fourth-order valence-electron chi connectivity index (χ4n) is 1.30. The van der Waals surface area contributed by atoms with Gasteiger partial charge in [-0.25, -0.2) is 0 Å². The number of ether oxygens (including phenoxy) is 1. The summed E-state index contributed by atoms with van der Waals surface area (Å²) < 4.78 is 5.67. The van der Waals surface area contributed by atoms with E-state index < -0.39 is 0 Å². The molecule has 84 valence electrons. The molecule has 0 radical (unpaired) electrons. The standard InChI is InChI=1S/C12H20N2O/c1-3-4-7-13-9-11(2)15-12-6-5-8-14-10-12/h5-6,8,10-11,13H,3-4,7,9H2,1-2H3. The van der Waals surface area contributed by atoms with Gasteiger partial charge in [-0.1, -0.05) is 13.3 Å². The molecule has 0 aliphatic heterocycles. The summed E-state index contributed by atoms with van der Waals surface area (Å²) in [4.78, 5) is 4.00. The van der Waals surface area contributed by atoms with Gasteiger partial charge in [0.05, 0.1) is 6.20 Å². The van der Waals surface area contributed by atoms with Crippen molar-refractivity contribution in [2.45, 2.75) is 32.8 Å². The predicted molar refractivity (Wildman–Crippen MR) is 62.1 cm³/mol. The van der Waals surface area contributed by atoms with Crippen LogP contribution < -0.4 is 10.1 Å². The van der Waals surface area contributed by atoms with Crippen LogP contribution in [0.5, 0.6) is 5.75 Å². The number of unbranched alkanes of at least 4 members (excludes halogenated alkanes) is 1. The van der Waals surface area contributed by atoms with E-state index in [9.17, 15) is 0 Å². The number of nitrogens with one attached hydrogen (secondary N) is 1. The van der Waals surface area contributed by atoms with E-state index in [1.807, 2.05) is 12.1 Å². The topological polar surface area (TPSA) is 34.1 Å². The van der Waals surface area contributed by atoms with Crippen LogP contribution in [0.25, 0.3) is 0 Å². The number of aromatic nitrogens is 1. The molecule has 0 fully saturated rings. The van der Waals surface area contributed by atoms with Crippen molar-refractivity contribution < 1.29 is 4.74 Å². The molecule has 1 atom stereocenters. The molecule has 0 aliphatic carbocycles. The summed E-state index contributed by atoms with van der Waals surface area (Å²) in [7, 11) is 0. The minimum atomic E-state index is 0.186. The molecule has 1 heterocycles. The normalized spacial score (nSPS) is 12.4. The Balaban J connectivity index is 2.16. The molecule has 1 aromatic rings. The Labute approximate surface area is 91.9 Å². The molecule has 0 amide bonds. The highest BCUT2D eigenvalue weighted by Crippen LogP contribution is 2.08. The molecule has 1 rings (SSSR count). The molecule has 0 bridgehead atoms. The second-order valence-corrected chi connectivity index (χ2v) is 3.67. The van der Waals surface area contributed by atoms with Crippen molar-refractivity contribution in [1.29, 1.82) is 0 Å². The van der Waals surface area contributed by atoms with Crippen LogP contribution in [0.2, 0.25) is 0 Å². The van der Waals surface area contributed by atoms with Gasteiger partial charge >= 0.3 is 0 Å². The Morgan fingerprint density at radius 1 is 1.53 bits per heavy atom. The summed E-state index contributed by atoms with van der Waals surface area (Å²) in [6.45, 7) is 6.20. The third-order valence-corrected chi connectivity index (χ3v) is 2.11. The molecule has 3 nitrogen and oxygen atoms in total. The van der Waals surface area contributed by atoms with Gasteiger partial charge in [-0.3, -0.25) is 4.98 Å². The molecule has 1 aromatic heterocycles. The summed E-state index contributed by atoms with van der Waals surface area (Å²) in [6.07, 6.45) is 6.12. The lowest BCUT2D eigenvalue weighted by Crippen LogP contribution is -2.29. The molecule has 0 aliphatic rings. The van der Waals surface area contributed by atoms with Crippen LogP contribution >= 0.6 is 0 Å². The molecule has 1 unspecified atom stereocenters. The van der Waals surface area contributed by atoms with E-state index in [1.54, 1.807) is 12.4 Å². The van der Waals surface area contributed by atoms with Gasteiger partial charge in [0.2, 0.25) is 0 Å². The Kier molecular flexibility index (Phi) is 5.78. The molecule has 0 saturated heterocycles. The molecule has 0 spiro atoms. The van der Waals surface area contributed by atoms with Crippen LogP contribution in [0.4, 0.5) is 0 Å². The number of nitrogens with zero attached hydrogens (tertiary/aromatic N) is 1. The fraction of sp³-hybridized carbons (Fsp3) is 0.583. The van der Waals surface area contributed by atoms with Crippen molar-refractivity contribution in [1.82, 2.24) is 10.3 Å². The Bertz CT molecular complexity index is 251. The van der Waals surface area contributed by atoms with Gasteiger partial charge in [-0.2, -0.15) is 0 Å². The lowest BCUT2D eigenvalue weighted by atomic mass is 10.3. The molecule has 0 saturated carbocycles. The summed E-state index contributed by atoms with van der Waals surface area (Å²) >= 11 is 0. The summed E-state index contributed by atoms with van der Waals surface area (Å²) in [5.74, 6) is 0.835. The molecular formula is C12H20N2O. The first-order valence-electron chi connectivity index (χ1n) is 5.60. The van der Waals surface area contributed by atoms with E-state index in [4.69, 9.17) is 4.74 Å². The van der Waals surface area contributed by atoms with E-state index in [0.29, 0.717) is 0 Å². The molecule has 15 heavy (non-hydrogen) atoms. The summed E-state index contributed by atoms with van der Waals surface area (Å²) in [5, 5.41) is 3.36. The molecular weight excluding hydrogens is 188 g/mol. The fourth-order valence-corrected chi connectivity index (χ4v) is 1.30. The predicted octanol–water partition coefficient (Wildman–Crippen LogP) is 2.24. The third kappa shape index (κ3) is 5.37. The minimum Gasteiger partial charge on any atom is -0.488 e. The van der Waals surface area contributed by atoms with Gasteiger partial charge in [-0.05, 0) is 32.0 Å². The maximum Gasteiger partial charge on any atom is 0.138 e. The average molecular weight is 208 g/mol. The highest BCUT2D eigenvalue weighted by molar-refractivity contribution is 5.15. The second-order valence-electron chi connectivity index (χ2n) is 3.67. The maximum absolute atomic E-state index is 5.67. The van der Waals surface area contributed by atoms with Crippen LogP contribution in [0.3, 0.4) is 0 Å². The van der Waals surface area contributed by atoms with Gasteiger partial charge in [-0.15, -0.1) is 0 Å². The van der Waals surface area contributed by atoms with Crippen LogP contribution in [-0.4, -0.2) is 24.2 Å². The molecule has 0 aromatic carbocycles. The third-order valence-electron chi connectivity index (χ3n) is 2.11. The van der Waals surface area contributed by atoms with Crippen molar-refractivity contribution in [3.8, 4) is 5.75 Å². The number of rotatable bonds is 7. The van der Waals surface area contributed by atoms with E-state index in [0.717, 1.165) is 18.8 Å². The highest BCUT2D eigenvalue weighted by Gasteiger charge is 2.02. The van der Waals surface area contributed by atoms with Crippen molar-refractivity contribution >= 4 is 0 Å². The van der Waals surface area contributed by atoms with Gasteiger partial charge in [0.1, 0.15) is 11.9 Å². The van der Waals surface area contributed by atoms with E-state index in [1.165, 1.54) is 12.8 Å². The summed E-state index contributed by atoms with van der Waals surface area (Å²) in [6, 6.07) is 3.81. The number of hydrogen-bond donors (Lipinski definition) is 1. The van der Waals surface area contributed by atoms with E-state index in [-0.39, 0.29) is 6.10 Å². The monoisotopic (exact) mass is 208 g/mol. The first-order chi connectivity index (χ1) is 7.33. The maximum atomic E-state index is 5.67. The van der Waals surface area contributed by atoms with Crippen LogP contribution in [0.15, 0.2) is 24.5 Å². The first-order valence-corrected chi connectivity index (χ1v) is 5.60. The van der Waals surface area contributed by atoms with Crippen LogP contribution in [0, 0.1) is 0 Å². The first kappa shape index (κ1) is 12.0. The Hall–Kier alpha value is -1.09. The van der Waals surface area contributed by atoms with Crippen molar-refractivity contribution in [3.05, 3.63) is 24.5 Å². The van der Waals surface area contributed by atoms with Crippen LogP contribution in [0.1, 0.15) is 26.7 Å². The zero-order valence-corrected chi connectivity index (χ0v) is 9.57. The second kappa shape index (κ2) is 7.23. The molecule has 1 N–H and O–H groups in total. The lowest BCUT2D eigenvalue weighted by Gasteiger charge is -2.14. The number of pyridine rings is 1. The van der Waals surface area contributed by atoms with Crippen LogP contribution in [-0.2, 0) is 0 Å². The largest absolute Gasteiger partial charge is 0.488 e. The van der Waals surface area contributed by atoms with Crippen molar-refractivity contribution in [2.75, 3.05) is 13.1 Å². The van der Waals surface area contributed by atoms with E-state index in [2.05, 4.69) is 24.1 Å². The van der Waals surface area contributed by atoms with Gasteiger partial charge in [0.25, 0.3) is 0 Å². The Morgan fingerprint density at radius 3 is 3.07 bits per heavy atom. The Morgan fingerprint density at radius 2 is 2.40 bits per heavy atom.